The second-order valence-corrected chi connectivity index (χ2v) is 5.41. The number of hydrogen-bond donors (Lipinski definition) is 1. The van der Waals surface area contributed by atoms with E-state index >= 15 is 0 Å². The van der Waals surface area contributed by atoms with Crippen LogP contribution in [-0.4, -0.2) is 17.8 Å². The quantitative estimate of drug-likeness (QED) is 0.867. The van der Waals surface area contributed by atoms with Crippen LogP contribution in [0.5, 0.6) is 5.75 Å². The highest BCUT2D eigenvalue weighted by atomic mass is 16.5. The Morgan fingerprint density at radius 3 is 2.82 bits per heavy atom. The van der Waals surface area contributed by atoms with Crippen LogP contribution in [0.3, 0.4) is 0 Å². The predicted octanol–water partition coefficient (Wildman–Crippen LogP) is 3.10. The van der Waals surface area contributed by atoms with E-state index in [4.69, 9.17) is 4.74 Å². The van der Waals surface area contributed by atoms with Crippen molar-refractivity contribution in [3.63, 3.8) is 0 Å². The van der Waals surface area contributed by atoms with Gasteiger partial charge in [0.2, 0.25) is 0 Å². The minimum atomic E-state index is -0.234. The zero-order valence-corrected chi connectivity index (χ0v) is 10.1. The molecule has 0 amide bonds. The highest BCUT2D eigenvalue weighted by Crippen LogP contribution is 2.39. The van der Waals surface area contributed by atoms with Gasteiger partial charge in [-0.1, -0.05) is 43.9 Å². The van der Waals surface area contributed by atoms with Crippen LogP contribution in [0.25, 0.3) is 0 Å². The van der Waals surface area contributed by atoms with E-state index in [0.717, 1.165) is 18.1 Å². The van der Waals surface area contributed by atoms with Gasteiger partial charge in [-0.15, -0.1) is 0 Å². The number of rotatable bonds is 3. The first-order chi connectivity index (χ1) is 8.34. The Morgan fingerprint density at radius 2 is 2.00 bits per heavy atom. The number of ether oxygens (including phenoxy) is 1. The fourth-order valence-electron chi connectivity index (χ4n) is 3.26. The monoisotopic (exact) mass is 232 g/mol. The first-order valence-corrected chi connectivity index (χ1v) is 6.74. The lowest BCUT2D eigenvalue weighted by Crippen LogP contribution is -2.22. The van der Waals surface area contributed by atoms with E-state index in [9.17, 15) is 5.11 Å². The maximum atomic E-state index is 10.4. The Balaban J connectivity index is 1.68. The smallest absolute Gasteiger partial charge is 0.123 e. The molecule has 1 aliphatic carbocycles. The van der Waals surface area contributed by atoms with Crippen molar-refractivity contribution in [3.8, 4) is 5.75 Å². The molecule has 0 bridgehead atoms. The van der Waals surface area contributed by atoms with E-state index in [2.05, 4.69) is 6.07 Å². The van der Waals surface area contributed by atoms with Crippen molar-refractivity contribution >= 4 is 0 Å². The van der Waals surface area contributed by atoms with E-state index in [-0.39, 0.29) is 12.0 Å². The summed E-state index contributed by atoms with van der Waals surface area (Å²) >= 11 is 0. The van der Waals surface area contributed by atoms with E-state index < -0.39 is 0 Å². The molecule has 1 heterocycles. The lowest BCUT2D eigenvalue weighted by atomic mass is 9.88. The summed E-state index contributed by atoms with van der Waals surface area (Å²) in [6.45, 7) is 0.646. The third-order valence-corrected chi connectivity index (χ3v) is 4.25. The molecule has 2 heteroatoms. The Morgan fingerprint density at radius 1 is 1.24 bits per heavy atom. The van der Waals surface area contributed by atoms with Crippen LogP contribution >= 0.6 is 0 Å². The number of aliphatic hydroxyl groups excluding tert-OH is 1. The molecule has 2 aliphatic rings. The minimum Gasteiger partial charge on any atom is -0.493 e. The van der Waals surface area contributed by atoms with Crippen molar-refractivity contribution in [1.29, 1.82) is 0 Å². The first kappa shape index (κ1) is 11.1. The van der Waals surface area contributed by atoms with Gasteiger partial charge >= 0.3 is 0 Å². The van der Waals surface area contributed by atoms with Gasteiger partial charge in [0, 0.05) is 11.5 Å². The van der Waals surface area contributed by atoms with Crippen LogP contribution in [0.2, 0.25) is 0 Å². The highest BCUT2D eigenvalue weighted by molar-refractivity contribution is 5.40. The molecule has 0 radical (unpaired) electrons. The molecule has 1 saturated carbocycles. The molecule has 2 nitrogen and oxygen atoms in total. The summed E-state index contributed by atoms with van der Waals surface area (Å²) in [6, 6.07) is 8.11. The molecule has 0 spiro atoms. The van der Waals surface area contributed by atoms with E-state index in [0.29, 0.717) is 6.61 Å². The van der Waals surface area contributed by atoms with Crippen LogP contribution < -0.4 is 4.74 Å². The molecule has 1 fully saturated rings. The van der Waals surface area contributed by atoms with Crippen molar-refractivity contribution in [3.05, 3.63) is 29.8 Å². The average molecular weight is 232 g/mol. The molecule has 0 aromatic heterocycles. The van der Waals surface area contributed by atoms with Gasteiger partial charge in [0.05, 0.1) is 12.7 Å². The van der Waals surface area contributed by atoms with Gasteiger partial charge in [-0.2, -0.15) is 0 Å². The lowest BCUT2D eigenvalue weighted by molar-refractivity contribution is 0.103. The van der Waals surface area contributed by atoms with Crippen molar-refractivity contribution in [2.45, 2.75) is 44.1 Å². The van der Waals surface area contributed by atoms with Crippen LogP contribution in [-0.2, 0) is 0 Å². The highest BCUT2D eigenvalue weighted by Gasteiger charge is 2.31. The zero-order chi connectivity index (χ0) is 11.7. The maximum Gasteiger partial charge on any atom is 0.123 e. The van der Waals surface area contributed by atoms with Crippen molar-refractivity contribution < 1.29 is 9.84 Å². The molecule has 2 atom stereocenters. The molecule has 0 saturated heterocycles. The Hall–Kier alpha value is -1.02. The van der Waals surface area contributed by atoms with Gasteiger partial charge in [-0.05, 0) is 18.4 Å². The molecule has 2 unspecified atom stereocenters. The summed E-state index contributed by atoms with van der Waals surface area (Å²) in [7, 11) is 0. The summed E-state index contributed by atoms with van der Waals surface area (Å²) < 4.78 is 5.64. The summed E-state index contributed by atoms with van der Waals surface area (Å²) in [5.74, 6) is 1.88. The molecule has 3 rings (SSSR count). The zero-order valence-electron chi connectivity index (χ0n) is 10.1. The van der Waals surface area contributed by atoms with Crippen LogP contribution in [0.4, 0.5) is 0 Å². The topological polar surface area (TPSA) is 29.5 Å². The predicted molar refractivity (Wildman–Crippen MR) is 67.3 cm³/mol. The van der Waals surface area contributed by atoms with Gasteiger partial charge in [0.15, 0.2) is 0 Å². The number of fused-ring (bicyclic) bond motifs is 1. The largest absolute Gasteiger partial charge is 0.493 e. The van der Waals surface area contributed by atoms with Gasteiger partial charge in [-0.3, -0.25) is 0 Å². The Labute approximate surface area is 103 Å². The second kappa shape index (κ2) is 4.69. The number of hydrogen-bond acceptors (Lipinski definition) is 2. The first-order valence-electron chi connectivity index (χ1n) is 6.74. The van der Waals surface area contributed by atoms with Crippen molar-refractivity contribution in [2.24, 2.45) is 5.92 Å². The van der Waals surface area contributed by atoms with Crippen molar-refractivity contribution in [1.82, 2.24) is 0 Å². The van der Waals surface area contributed by atoms with Crippen LogP contribution in [0.1, 0.15) is 43.6 Å². The third-order valence-electron chi connectivity index (χ3n) is 4.25. The fraction of sp³-hybridized carbons (Fsp3) is 0.600. The molecular weight excluding hydrogens is 212 g/mol. The van der Waals surface area contributed by atoms with Crippen molar-refractivity contribution in [2.75, 3.05) is 6.61 Å². The van der Waals surface area contributed by atoms with Crippen LogP contribution in [0, 0.1) is 5.92 Å². The molecule has 1 aliphatic heterocycles. The molecular formula is C15H20O2. The standard InChI is InChI=1S/C15H20O2/c16-14(9-11-5-1-2-6-11)13-10-17-15-8-4-3-7-12(13)15/h3-4,7-8,11,13-14,16H,1-2,5-6,9-10H2. The van der Waals surface area contributed by atoms with E-state index in [1.54, 1.807) is 0 Å². The van der Waals surface area contributed by atoms with Gasteiger partial charge in [0.1, 0.15) is 5.75 Å². The number of benzene rings is 1. The Kier molecular flexibility index (Phi) is 3.06. The summed E-state index contributed by atoms with van der Waals surface area (Å²) in [5, 5.41) is 10.4. The maximum absolute atomic E-state index is 10.4. The lowest BCUT2D eigenvalue weighted by Gasteiger charge is -2.20. The van der Waals surface area contributed by atoms with Gasteiger partial charge < -0.3 is 9.84 Å². The third kappa shape index (κ3) is 2.19. The number of aliphatic hydroxyl groups is 1. The van der Waals surface area contributed by atoms with Crippen LogP contribution in [0.15, 0.2) is 24.3 Å². The molecule has 1 aromatic rings. The average Bonchev–Trinajstić information content (AvgIpc) is 2.96. The summed E-state index contributed by atoms with van der Waals surface area (Å²) in [5.41, 5.74) is 1.19. The number of para-hydroxylation sites is 1. The fourth-order valence-corrected chi connectivity index (χ4v) is 3.26. The molecule has 92 valence electrons. The molecule has 1 N–H and O–H groups in total. The SMILES string of the molecule is OC(CC1CCCC1)C1COc2ccccc21. The molecule has 17 heavy (non-hydrogen) atoms. The molecule has 1 aromatic carbocycles. The normalized spacial score (nSPS) is 25.6. The van der Waals surface area contributed by atoms with E-state index in [1.807, 2.05) is 18.2 Å². The second-order valence-electron chi connectivity index (χ2n) is 5.41. The van der Waals surface area contributed by atoms with Gasteiger partial charge in [-0.25, -0.2) is 0 Å². The Bertz CT molecular complexity index is 382. The summed E-state index contributed by atoms with van der Waals surface area (Å²) in [4.78, 5) is 0. The van der Waals surface area contributed by atoms with E-state index in [1.165, 1.54) is 31.2 Å². The summed E-state index contributed by atoms with van der Waals surface area (Å²) in [6.07, 6.45) is 5.99. The minimum absolute atomic E-state index is 0.187. The van der Waals surface area contributed by atoms with Gasteiger partial charge in [0.25, 0.3) is 0 Å².